The predicted octanol–water partition coefficient (Wildman–Crippen LogP) is 0.272. The Hall–Kier alpha value is -0.960. The molecule has 0 bridgehead atoms. The van der Waals surface area contributed by atoms with Crippen LogP contribution in [0.3, 0.4) is 0 Å². The maximum atomic E-state index is 5.66. The van der Waals surface area contributed by atoms with E-state index < -0.39 is 0 Å². The number of nitrogens with two attached hydrogens (primary N) is 1. The quantitative estimate of drug-likeness (QED) is 0.507. The molecule has 0 saturated heterocycles. The van der Waals surface area contributed by atoms with Gasteiger partial charge in [-0.05, 0) is 33.0 Å². The summed E-state index contributed by atoms with van der Waals surface area (Å²) < 4.78 is 0. The van der Waals surface area contributed by atoms with E-state index in [0.29, 0.717) is 0 Å². The van der Waals surface area contributed by atoms with E-state index in [1.165, 1.54) is 0 Å². The van der Waals surface area contributed by atoms with Crippen LogP contribution >= 0.6 is 0 Å². The maximum absolute atomic E-state index is 5.66. The molecule has 1 rings (SSSR count). The van der Waals surface area contributed by atoms with Gasteiger partial charge in [-0.3, -0.25) is 5.32 Å². The lowest BCUT2D eigenvalue weighted by molar-refractivity contribution is 0.409. The first-order chi connectivity index (χ1) is 5.07. The number of dihydropyridines is 1. The second-order valence-electron chi connectivity index (χ2n) is 2.99. The molecule has 0 aromatic rings. The molecule has 62 valence electrons. The molecule has 0 aliphatic carbocycles. The summed E-state index contributed by atoms with van der Waals surface area (Å²) in [6.45, 7) is 4.02. The van der Waals surface area contributed by atoms with Crippen molar-refractivity contribution in [2.45, 2.75) is 19.5 Å². The summed E-state index contributed by atoms with van der Waals surface area (Å²) in [5, 5.41) is 6.39. The molecule has 0 amide bonds. The van der Waals surface area contributed by atoms with Crippen LogP contribution < -0.4 is 16.4 Å². The van der Waals surface area contributed by atoms with Crippen molar-refractivity contribution in [3.05, 3.63) is 23.5 Å². The number of likely N-dealkylation sites (N-methyl/N-ethyl adjacent to an activating group) is 1. The Kier molecular flexibility index (Phi) is 1.91. The highest BCUT2D eigenvalue weighted by Crippen LogP contribution is 2.12. The lowest BCUT2D eigenvalue weighted by Gasteiger charge is -2.32. The Balaban J connectivity index is 2.81. The van der Waals surface area contributed by atoms with Crippen molar-refractivity contribution >= 4 is 0 Å². The first-order valence-corrected chi connectivity index (χ1v) is 3.70. The highest BCUT2D eigenvalue weighted by atomic mass is 15.2. The van der Waals surface area contributed by atoms with Crippen molar-refractivity contribution in [1.82, 2.24) is 10.6 Å². The average Bonchev–Trinajstić information content (AvgIpc) is 1.98. The van der Waals surface area contributed by atoms with Gasteiger partial charge in [0.05, 0.1) is 5.70 Å². The van der Waals surface area contributed by atoms with E-state index in [1.54, 1.807) is 0 Å². The van der Waals surface area contributed by atoms with Crippen LogP contribution in [0.15, 0.2) is 23.5 Å². The largest absolute Gasteiger partial charge is 0.397 e. The SMILES string of the molecule is CNC1(C)C=CC(N)=C(C)N1. The van der Waals surface area contributed by atoms with E-state index >= 15 is 0 Å². The minimum Gasteiger partial charge on any atom is -0.397 e. The van der Waals surface area contributed by atoms with Gasteiger partial charge in [0.2, 0.25) is 0 Å². The number of hydrogen-bond donors (Lipinski definition) is 3. The predicted molar refractivity (Wildman–Crippen MR) is 46.6 cm³/mol. The van der Waals surface area contributed by atoms with Crippen LogP contribution in [0.25, 0.3) is 0 Å². The fraction of sp³-hybridized carbons (Fsp3) is 0.500. The van der Waals surface area contributed by atoms with Crippen LogP contribution in [0.5, 0.6) is 0 Å². The maximum Gasteiger partial charge on any atom is 0.104 e. The van der Waals surface area contributed by atoms with Gasteiger partial charge in [-0.25, -0.2) is 0 Å². The van der Waals surface area contributed by atoms with Gasteiger partial charge in [-0.1, -0.05) is 0 Å². The lowest BCUT2D eigenvalue weighted by atomic mass is 10.1. The third-order valence-corrected chi connectivity index (χ3v) is 2.00. The normalized spacial score (nSPS) is 30.5. The molecule has 11 heavy (non-hydrogen) atoms. The Morgan fingerprint density at radius 1 is 1.64 bits per heavy atom. The van der Waals surface area contributed by atoms with Crippen molar-refractivity contribution in [1.29, 1.82) is 0 Å². The van der Waals surface area contributed by atoms with Crippen LogP contribution in [0.1, 0.15) is 13.8 Å². The average molecular weight is 153 g/mol. The molecule has 1 aliphatic rings. The molecule has 0 fully saturated rings. The van der Waals surface area contributed by atoms with Crippen LogP contribution in [0.4, 0.5) is 0 Å². The second kappa shape index (κ2) is 2.58. The van der Waals surface area contributed by atoms with Gasteiger partial charge in [-0.2, -0.15) is 0 Å². The summed E-state index contributed by atoms with van der Waals surface area (Å²) >= 11 is 0. The van der Waals surface area contributed by atoms with Crippen molar-refractivity contribution in [3.8, 4) is 0 Å². The summed E-state index contributed by atoms with van der Waals surface area (Å²) in [7, 11) is 1.91. The van der Waals surface area contributed by atoms with Crippen molar-refractivity contribution in [3.63, 3.8) is 0 Å². The first kappa shape index (κ1) is 8.14. The third kappa shape index (κ3) is 1.54. The number of nitrogens with one attached hydrogen (secondary N) is 2. The van der Waals surface area contributed by atoms with E-state index in [9.17, 15) is 0 Å². The van der Waals surface area contributed by atoms with Crippen LogP contribution in [-0.4, -0.2) is 12.7 Å². The van der Waals surface area contributed by atoms with Crippen molar-refractivity contribution in [2.75, 3.05) is 7.05 Å². The minimum absolute atomic E-state index is 0.146. The molecule has 0 radical (unpaired) electrons. The first-order valence-electron chi connectivity index (χ1n) is 3.70. The molecule has 0 saturated carbocycles. The zero-order chi connectivity index (χ0) is 8.48. The molecule has 4 N–H and O–H groups in total. The van der Waals surface area contributed by atoms with E-state index in [4.69, 9.17) is 5.73 Å². The molecule has 3 heteroatoms. The molecule has 1 atom stereocenters. The zero-order valence-corrected chi connectivity index (χ0v) is 7.23. The topological polar surface area (TPSA) is 50.1 Å². The summed E-state index contributed by atoms with van der Waals surface area (Å²) in [4.78, 5) is 0. The second-order valence-corrected chi connectivity index (χ2v) is 2.99. The molecule has 0 aromatic heterocycles. The van der Waals surface area contributed by atoms with Crippen LogP contribution in [-0.2, 0) is 0 Å². The third-order valence-electron chi connectivity index (χ3n) is 2.00. The Morgan fingerprint density at radius 3 is 2.73 bits per heavy atom. The van der Waals surface area contributed by atoms with Gasteiger partial charge in [0.1, 0.15) is 5.66 Å². The Morgan fingerprint density at radius 2 is 2.27 bits per heavy atom. The van der Waals surface area contributed by atoms with Gasteiger partial charge >= 0.3 is 0 Å². The van der Waals surface area contributed by atoms with Gasteiger partial charge in [0.15, 0.2) is 0 Å². The van der Waals surface area contributed by atoms with Gasteiger partial charge < -0.3 is 11.1 Å². The highest BCUT2D eigenvalue weighted by molar-refractivity contribution is 5.29. The molecule has 1 unspecified atom stereocenters. The fourth-order valence-corrected chi connectivity index (χ4v) is 1.03. The van der Waals surface area contributed by atoms with Gasteiger partial charge in [0, 0.05) is 5.70 Å². The van der Waals surface area contributed by atoms with Gasteiger partial charge in [-0.15, -0.1) is 0 Å². The zero-order valence-electron chi connectivity index (χ0n) is 7.23. The standard InChI is InChI=1S/C8H15N3/c1-6-7(9)4-5-8(2,10-3)11-6/h4-5,10-11H,9H2,1-3H3. The molecular formula is C8H15N3. The molecular weight excluding hydrogens is 138 g/mol. The van der Waals surface area contributed by atoms with Crippen LogP contribution in [0, 0.1) is 0 Å². The van der Waals surface area contributed by atoms with E-state index in [0.717, 1.165) is 11.4 Å². The number of rotatable bonds is 1. The van der Waals surface area contributed by atoms with Crippen LogP contribution in [0.2, 0.25) is 0 Å². The van der Waals surface area contributed by atoms with E-state index in [2.05, 4.69) is 17.6 Å². The smallest absolute Gasteiger partial charge is 0.104 e. The monoisotopic (exact) mass is 153 g/mol. The Labute approximate surface area is 67.3 Å². The summed E-state index contributed by atoms with van der Waals surface area (Å²) in [6.07, 6.45) is 3.93. The fourth-order valence-electron chi connectivity index (χ4n) is 1.03. The number of hydrogen-bond acceptors (Lipinski definition) is 3. The molecule has 1 heterocycles. The minimum atomic E-state index is -0.146. The molecule has 0 aromatic carbocycles. The molecule has 1 aliphatic heterocycles. The van der Waals surface area contributed by atoms with Gasteiger partial charge in [0.25, 0.3) is 0 Å². The molecule has 3 nitrogen and oxygen atoms in total. The summed E-state index contributed by atoms with van der Waals surface area (Å²) in [6, 6.07) is 0. The Bertz CT molecular complexity index is 217. The van der Waals surface area contributed by atoms with E-state index in [-0.39, 0.29) is 5.66 Å². The molecule has 0 spiro atoms. The highest BCUT2D eigenvalue weighted by Gasteiger charge is 2.20. The number of allylic oxidation sites excluding steroid dienone is 2. The van der Waals surface area contributed by atoms with Crippen molar-refractivity contribution in [2.24, 2.45) is 5.73 Å². The van der Waals surface area contributed by atoms with E-state index in [1.807, 2.05) is 26.1 Å². The lowest BCUT2D eigenvalue weighted by Crippen LogP contribution is -2.52. The summed E-state index contributed by atoms with van der Waals surface area (Å²) in [5.41, 5.74) is 7.33. The van der Waals surface area contributed by atoms with Crippen molar-refractivity contribution < 1.29 is 0 Å². The summed E-state index contributed by atoms with van der Waals surface area (Å²) in [5.74, 6) is 0.